The second-order valence-electron chi connectivity index (χ2n) is 8.29. The molecule has 0 unspecified atom stereocenters. The molecular weight excluding hydrogens is 400 g/mol. The first kappa shape index (κ1) is 22.9. The van der Waals surface area contributed by atoms with Gasteiger partial charge in [-0.05, 0) is 51.8 Å². The molecule has 31 heavy (non-hydrogen) atoms. The first-order valence-corrected chi connectivity index (χ1v) is 10.8. The zero-order valence-electron chi connectivity index (χ0n) is 18.6. The van der Waals surface area contributed by atoms with Gasteiger partial charge in [0.15, 0.2) is 0 Å². The van der Waals surface area contributed by atoms with E-state index in [1.165, 1.54) is 0 Å². The summed E-state index contributed by atoms with van der Waals surface area (Å²) >= 11 is 0. The first-order chi connectivity index (χ1) is 14.8. The minimum absolute atomic E-state index is 0.000506. The Morgan fingerprint density at radius 3 is 2.74 bits per heavy atom. The Labute approximate surface area is 182 Å². The number of fused-ring (bicyclic) bond motifs is 2. The predicted molar refractivity (Wildman–Crippen MR) is 116 cm³/mol. The molecule has 170 valence electrons. The summed E-state index contributed by atoms with van der Waals surface area (Å²) in [4.78, 5) is 38.8. The largest absolute Gasteiger partial charge is 0.490 e. The van der Waals surface area contributed by atoms with Crippen molar-refractivity contribution in [2.75, 3.05) is 25.5 Å². The maximum Gasteiger partial charge on any atom is 0.319 e. The van der Waals surface area contributed by atoms with Crippen LogP contribution in [0.1, 0.15) is 50.4 Å². The maximum absolute atomic E-state index is 13.2. The number of carbonyl (C=O) groups excluding carboxylic acids is 3. The van der Waals surface area contributed by atoms with Crippen LogP contribution in [0.15, 0.2) is 18.2 Å². The van der Waals surface area contributed by atoms with E-state index in [2.05, 4.69) is 16.0 Å². The normalized spacial score (nSPS) is 23.1. The van der Waals surface area contributed by atoms with Crippen LogP contribution in [-0.2, 0) is 9.53 Å². The molecule has 0 aliphatic carbocycles. The fraction of sp³-hybridized carbons (Fsp3) is 0.591. The van der Waals surface area contributed by atoms with Crippen LogP contribution in [0.5, 0.6) is 5.75 Å². The van der Waals surface area contributed by atoms with Gasteiger partial charge in [-0.2, -0.15) is 0 Å². The third kappa shape index (κ3) is 5.66. The van der Waals surface area contributed by atoms with E-state index >= 15 is 0 Å². The van der Waals surface area contributed by atoms with Crippen molar-refractivity contribution in [3.63, 3.8) is 0 Å². The van der Waals surface area contributed by atoms with Crippen molar-refractivity contribution in [3.8, 4) is 5.75 Å². The summed E-state index contributed by atoms with van der Waals surface area (Å²) in [6.45, 7) is 6.49. The number of hydrogen-bond acceptors (Lipinski definition) is 5. The number of nitrogens with zero attached hydrogens (tertiary/aromatic N) is 1. The highest BCUT2D eigenvalue weighted by Gasteiger charge is 2.39. The molecule has 3 N–H and O–H groups in total. The number of ether oxygens (including phenoxy) is 2. The average molecular weight is 433 g/mol. The van der Waals surface area contributed by atoms with Crippen molar-refractivity contribution >= 4 is 23.5 Å². The van der Waals surface area contributed by atoms with E-state index < -0.39 is 0 Å². The zero-order valence-corrected chi connectivity index (χ0v) is 18.6. The van der Waals surface area contributed by atoms with Gasteiger partial charge in [-0.15, -0.1) is 0 Å². The number of carbonyl (C=O) groups is 3. The van der Waals surface area contributed by atoms with Gasteiger partial charge in [0.1, 0.15) is 18.5 Å². The van der Waals surface area contributed by atoms with E-state index in [1.807, 2.05) is 20.8 Å². The average Bonchev–Trinajstić information content (AvgIpc) is 2.70. The highest BCUT2D eigenvalue weighted by molar-refractivity contribution is 5.99. The second-order valence-corrected chi connectivity index (χ2v) is 8.29. The molecular formula is C22H32N4O5. The van der Waals surface area contributed by atoms with Crippen molar-refractivity contribution in [1.29, 1.82) is 0 Å². The first-order valence-electron chi connectivity index (χ1n) is 10.8. The molecule has 2 aliphatic rings. The Bertz CT molecular complexity index is 828. The van der Waals surface area contributed by atoms with Crippen LogP contribution in [0.25, 0.3) is 0 Å². The molecule has 1 aromatic rings. The summed E-state index contributed by atoms with van der Waals surface area (Å²) in [6.07, 6.45) is 1.22. The van der Waals surface area contributed by atoms with E-state index in [1.54, 1.807) is 30.1 Å². The molecule has 0 spiro atoms. The number of anilines is 1. The number of hydrogen-bond donors (Lipinski definition) is 3. The fourth-order valence-electron chi connectivity index (χ4n) is 4.01. The summed E-state index contributed by atoms with van der Waals surface area (Å²) in [5.41, 5.74) is 0.911. The van der Waals surface area contributed by atoms with E-state index in [9.17, 15) is 14.4 Å². The zero-order chi connectivity index (χ0) is 22.5. The van der Waals surface area contributed by atoms with Crippen molar-refractivity contribution in [3.05, 3.63) is 23.8 Å². The van der Waals surface area contributed by atoms with Crippen LogP contribution in [0.3, 0.4) is 0 Å². The van der Waals surface area contributed by atoms with Crippen molar-refractivity contribution in [2.45, 2.75) is 64.3 Å². The van der Waals surface area contributed by atoms with E-state index in [0.29, 0.717) is 36.4 Å². The molecule has 2 aliphatic heterocycles. The van der Waals surface area contributed by atoms with Crippen LogP contribution < -0.4 is 20.7 Å². The van der Waals surface area contributed by atoms with Crippen molar-refractivity contribution in [2.24, 2.45) is 0 Å². The number of amides is 4. The molecule has 9 nitrogen and oxygen atoms in total. The minimum atomic E-state index is -0.332. The Kier molecular flexibility index (Phi) is 7.37. The molecule has 3 atom stereocenters. The Hall–Kier alpha value is -2.81. The van der Waals surface area contributed by atoms with Crippen LogP contribution in [0, 0.1) is 0 Å². The summed E-state index contributed by atoms with van der Waals surface area (Å²) in [6, 6.07) is 4.54. The Morgan fingerprint density at radius 1 is 1.26 bits per heavy atom. The number of urea groups is 1. The maximum atomic E-state index is 13.2. The van der Waals surface area contributed by atoms with Gasteiger partial charge in [-0.25, -0.2) is 4.79 Å². The highest BCUT2D eigenvalue weighted by atomic mass is 16.5. The molecule has 9 heteroatoms. The molecule has 2 heterocycles. The lowest BCUT2D eigenvalue weighted by Gasteiger charge is -2.42. The molecule has 4 amide bonds. The summed E-state index contributed by atoms with van der Waals surface area (Å²) in [7, 11) is 1.76. The molecule has 1 fully saturated rings. The lowest BCUT2D eigenvalue weighted by Crippen LogP contribution is -2.54. The van der Waals surface area contributed by atoms with Crippen LogP contribution in [0.4, 0.5) is 10.5 Å². The van der Waals surface area contributed by atoms with Crippen LogP contribution in [0.2, 0.25) is 0 Å². The van der Waals surface area contributed by atoms with Crippen LogP contribution in [-0.4, -0.2) is 67.2 Å². The molecule has 0 aromatic heterocycles. The molecule has 0 bridgehead atoms. The van der Waals surface area contributed by atoms with E-state index in [4.69, 9.17) is 9.47 Å². The van der Waals surface area contributed by atoms with Gasteiger partial charge in [-0.3, -0.25) is 9.59 Å². The number of nitrogens with one attached hydrogen (secondary N) is 3. The Balaban J connectivity index is 1.73. The second kappa shape index (κ2) is 10.00. The lowest BCUT2D eigenvalue weighted by atomic mass is 9.94. The monoisotopic (exact) mass is 432 g/mol. The minimum Gasteiger partial charge on any atom is -0.490 e. The van der Waals surface area contributed by atoms with Gasteiger partial charge in [0.25, 0.3) is 5.91 Å². The Morgan fingerprint density at radius 2 is 2.03 bits per heavy atom. The third-order valence-corrected chi connectivity index (χ3v) is 5.48. The van der Waals surface area contributed by atoms with Gasteiger partial charge in [0, 0.05) is 25.3 Å². The SMILES string of the molecule is CCNC(=O)C[C@@H]1CC[C@@H]2[C@H](COc3ccc(NC(=O)NC(C)C)cc3C(=O)N2C)O1. The van der Waals surface area contributed by atoms with Gasteiger partial charge in [-0.1, -0.05) is 0 Å². The van der Waals surface area contributed by atoms with Gasteiger partial charge < -0.3 is 30.3 Å². The summed E-state index contributed by atoms with van der Waals surface area (Å²) in [5.74, 6) is 0.219. The predicted octanol–water partition coefficient (Wildman–Crippen LogP) is 2.12. The smallest absolute Gasteiger partial charge is 0.319 e. The molecule has 0 radical (unpaired) electrons. The highest BCUT2D eigenvalue weighted by Crippen LogP contribution is 2.32. The van der Waals surface area contributed by atoms with Crippen molar-refractivity contribution in [1.82, 2.24) is 15.5 Å². The van der Waals surface area contributed by atoms with Gasteiger partial charge in [0.05, 0.1) is 24.1 Å². The van der Waals surface area contributed by atoms with E-state index in [-0.39, 0.29) is 48.7 Å². The lowest BCUT2D eigenvalue weighted by molar-refractivity contribution is -0.133. The summed E-state index contributed by atoms with van der Waals surface area (Å²) < 4.78 is 12.1. The molecule has 3 rings (SSSR count). The quantitative estimate of drug-likeness (QED) is 0.660. The van der Waals surface area contributed by atoms with E-state index in [0.717, 1.165) is 6.42 Å². The van der Waals surface area contributed by atoms with Gasteiger partial charge >= 0.3 is 6.03 Å². The topological polar surface area (TPSA) is 109 Å². The summed E-state index contributed by atoms with van der Waals surface area (Å²) in [5, 5.41) is 8.30. The van der Waals surface area contributed by atoms with Gasteiger partial charge in [0.2, 0.25) is 5.91 Å². The molecule has 0 saturated carbocycles. The molecule has 1 aromatic carbocycles. The van der Waals surface area contributed by atoms with Crippen molar-refractivity contribution < 1.29 is 23.9 Å². The third-order valence-electron chi connectivity index (χ3n) is 5.48. The fourth-order valence-corrected chi connectivity index (χ4v) is 4.01. The number of rotatable bonds is 5. The number of benzene rings is 1. The molecule has 1 saturated heterocycles. The number of likely N-dealkylation sites (N-methyl/N-ethyl adjacent to an activating group) is 1. The van der Waals surface area contributed by atoms with Crippen LogP contribution >= 0.6 is 0 Å². The standard InChI is InChI=1S/C22H32N4O5/c1-5-23-20(27)11-15-7-8-17-19(31-15)12-30-18-9-6-14(25-22(29)24-13(2)3)10-16(18)21(28)26(17)4/h6,9-10,13,15,17,19H,5,7-8,11-12H2,1-4H3,(H,23,27)(H2,24,25,29)/t15-,17+,19-/m0/s1.